The standard InChI is InChI=1S/C14H11F4N5/c1-19-11-10-12(22-13(21-11)14(16,17)18)23(7-20-10)6-8-3-2-4-9(15)5-8/h2-5,7H,6H2,1H3,(H,19,21,22). The maximum absolute atomic E-state index is 13.2. The van der Waals surface area contributed by atoms with Crippen molar-refractivity contribution in [1.82, 2.24) is 19.5 Å². The van der Waals surface area contributed by atoms with Gasteiger partial charge in [0.2, 0.25) is 5.82 Å². The van der Waals surface area contributed by atoms with E-state index in [2.05, 4.69) is 20.3 Å². The number of imidazole rings is 1. The highest BCUT2D eigenvalue weighted by molar-refractivity contribution is 5.83. The molecule has 2 aromatic heterocycles. The van der Waals surface area contributed by atoms with Crippen LogP contribution in [0.15, 0.2) is 30.6 Å². The van der Waals surface area contributed by atoms with Crippen molar-refractivity contribution in [3.8, 4) is 0 Å². The van der Waals surface area contributed by atoms with Gasteiger partial charge in [-0.2, -0.15) is 13.2 Å². The Morgan fingerprint density at radius 1 is 1.22 bits per heavy atom. The number of halogens is 4. The van der Waals surface area contributed by atoms with Crippen molar-refractivity contribution < 1.29 is 17.6 Å². The molecule has 0 radical (unpaired) electrons. The van der Waals surface area contributed by atoms with E-state index in [0.29, 0.717) is 5.56 Å². The van der Waals surface area contributed by atoms with Crippen LogP contribution >= 0.6 is 0 Å². The molecule has 23 heavy (non-hydrogen) atoms. The Bertz CT molecular complexity index is 856. The molecule has 0 unspecified atom stereocenters. The maximum atomic E-state index is 13.2. The van der Waals surface area contributed by atoms with Crippen molar-refractivity contribution in [3.05, 3.63) is 47.8 Å². The quantitative estimate of drug-likeness (QED) is 0.752. The van der Waals surface area contributed by atoms with Gasteiger partial charge in [-0.05, 0) is 17.7 Å². The number of nitrogens with zero attached hydrogens (tertiary/aromatic N) is 4. The van der Waals surface area contributed by atoms with Crippen LogP contribution in [0.25, 0.3) is 11.2 Å². The van der Waals surface area contributed by atoms with E-state index in [-0.39, 0.29) is 23.5 Å². The largest absolute Gasteiger partial charge is 0.451 e. The van der Waals surface area contributed by atoms with Crippen LogP contribution in [0.5, 0.6) is 0 Å². The van der Waals surface area contributed by atoms with E-state index in [0.717, 1.165) is 0 Å². The summed E-state index contributed by atoms with van der Waals surface area (Å²) in [4.78, 5) is 11.1. The molecular weight excluding hydrogens is 314 g/mol. The Balaban J connectivity index is 2.11. The van der Waals surface area contributed by atoms with E-state index < -0.39 is 17.8 Å². The SMILES string of the molecule is CNc1nc(C(F)(F)F)nc2c1ncn2Cc1cccc(F)c1. The normalized spacial score (nSPS) is 11.9. The van der Waals surface area contributed by atoms with Crippen molar-refractivity contribution in [1.29, 1.82) is 0 Å². The lowest BCUT2D eigenvalue weighted by Crippen LogP contribution is -2.13. The highest BCUT2D eigenvalue weighted by Crippen LogP contribution is 2.29. The third kappa shape index (κ3) is 2.94. The van der Waals surface area contributed by atoms with Crippen LogP contribution in [-0.4, -0.2) is 26.6 Å². The van der Waals surface area contributed by atoms with E-state index in [1.165, 1.54) is 36.1 Å². The van der Waals surface area contributed by atoms with E-state index >= 15 is 0 Å². The summed E-state index contributed by atoms with van der Waals surface area (Å²) in [5, 5.41) is 2.58. The van der Waals surface area contributed by atoms with Gasteiger partial charge >= 0.3 is 6.18 Å². The Kier molecular flexibility index (Phi) is 3.63. The van der Waals surface area contributed by atoms with Gasteiger partial charge in [0.25, 0.3) is 0 Å². The van der Waals surface area contributed by atoms with Crippen LogP contribution in [-0.2, 0) is 12.7 Å². The first-order valence-electron chi connectivity index (χ1n) is 6.61. The van der Waals surface area contributed by atoms with Crippen LogP contribution in [0.1, 0.15) is 11.4 Å². The summed E-state index contributed by atoms with van der Waals surface area (Å²) in [6.45, 7) is 0.145. The van der Waals surface area contributed by atoms with Crippen molar-refractivity contribution in [2.24, 2.45) is 0 Å². The van der Waals surface area contributed by atoms with E-state index in [9.17, 15) is 17.6 Å². The molecule has 5 nitrogen and oxygen atoms in total. The Morgan fingerprint density at radius 3 is 2.65 bits per heavy atom. The van der Waals surface area contributed by atoms with Crippen molar-refractivity contribution >= 4 is 17.0 Å². The minimum absolute atomic E-state index is 0.0136. The predicted molar refractivity (Wildman–Crippen MR) is 75.4 cm³/mol. The van der Waals surface area contributed by atoms with Crippen molar-refractivity contribution in [3.63, 3.8) is 0 Å². The summed E-state index contributed by atoms with van der Waals surface area (Å²) in [7, 11) is 1.45. The summed E-state index contributed by atoms with van der Waals surface area (Å²) in [5.41, 5.74) is 0.834. The van der Waals surface area contributed by atoms with Crippen molar-refractivity contribution in [2.45, 2.75) is 12.7 Å². The first-order chi connectivity index (χ1) is 10.9. The molecule has 0 saturated carbocycles. The van der Waals surface area contributed by atoms with Gasteiger partial charge in [-0.1, -0.05) is 12.1 Å². The summed E-state index contributed by atoms with van der Waals surface area (Å²) in [5.74, 6) is -1.69. The fourth-order valence-corrected chi connectivity index (χ4v) is 2.19. The fraction of sp³-hybridized carbons (Fsp3) is 0.214. The summed E-state index contributed by atoms with van der Waals surface area (Å²) >= 11 is 0. The van der Waals surface area contributed by atoms with Crippen LogP contribution in [0.2, 0.25) is 0 Å². The smallest absolute Gasteiger partial charge is 0.371 e. The Hall–Kier alpha value is -2.71. The zero-order valence-corrected chi connectivity index (χ0v) is 11.9. The van der Waals surface area contributed by atoms with E-state index in [1.807, 2.05) is 0 Å². The second kappa shape index (κ2) is 5.49. The minimum Gasteiger partial charge on any atom is -0.371 e. The molecule has 0 spiro atoms. The van der Waals surface area contributed by atoms with Gasteiger partial charge in [-0.25, -0.2) is 19.3 Å². The molecule has 3 rings (SSSR count). The number of rotatable bonds is 3. The Labute approximate surface area is 128 Å². The Morgan fingerprint density at radius 2 is 2.00 bits per heavy atom. The summed E-state index contributed by atoms with van der Waals surface area (Å²) in [6, 6.07) is 5.79. The van der Waals surface area contributed by atoms with E-state index in [1.54, 1.807) is 6.07 Å². The molecule has 0 aliphatic carbocycles. The zero-order chi connectivity index (χ0) is 16.6. The molecule has 0 amide bonds. The molecule has 3 aromatic rings. The summed E-state index contributed by atoms with van der Waals surface area (Å²) < 4.78 is 53.4. The van der Waals surface area contributed by atoms with Crippen LogP contribution in [0.3, 0.4) is 0 Å². The van der Waals surface area contributed by atoms with E-state index in [4.69, 9.17) is 0 Å². The van der Waals surface area contributed by atoms with Gasteiger partial charge in [0.15, 0.2) is 11.5 Å². The van der Waals surface area contributed by atoms with Crippen LogP contribution < -0.4 is 5.32 Å². The number of alkyl halides is 3. The molecular formula is C14H11F4N5. The number of nitrogens with one attached hydrogen (secondary N) is 1. The number of benzene rings is 1. The monoisotopic (exact) mass is 325 g/mol. The molecule has 1 aromatic carbocycles. The number of hydrogen-bond donors (Lipinski definition) is 1. The number of aromatic nitrogens is 4. The topological polar surface area (TPSA) is 55.6 Å². The lowest BCUT2D eigenvalue weighted by molar-refractivity contribution is -0.144. The molecule has 0 aliphatic rings. The minimum atomic E-state index is -4.67. The van der Waals surface area contributed by atoms with Crippen LogP contribution in [0, 0.1) is 5.82 Å². The zero-order valence-electron chi connectivity index (χ0n) is 11.9. The average molecular weight is 325 g/mol. The molecule has 0 bridgehead atoms. The first kappa shape index (κ1) is 15.2. The highest BCUT2D eigenvalue weighted by Gasteiger charge is 2.36. The molecule has 0 aliphatic heterocycles. The predicted octanol–water partition coefficient (Wildman–Crippen LogP) is 3.07. The van der Waals surface area contributed by atoms with Crippen LogP contribution in [0.4, 0.5) is 23.4 Å². The second-order valence-electron chi connectivity index (χ2n) is 4.82. The molecule has 2 heterocycles. The highest BCUT2D eigenvalue weighted by atomic mass is 19.4. The van der Waals surface area contributed by atoms with Gasteiger partial charge in [0, 0.05) is 7.05 Å². The third-order valence-electron chi connectivity index (χ3n) is 3.20. The van der Waals surface area contributed by atoms with Gasteiger partial charge in [0.05, 0.1) is 12.9 Å². The second-order valence-corrected chi connectivity index (χ2v) is 4.82. The van der Waals surface area contributed by atoms with Gasteiger partial charge < -0.3 is 9.88 Å². The maximum Gasteiger partial charge on any atom is 0.451 e. The molecule has 9 heteroatoms. The molecule has 0 atom stereocenters. The molecule has 1 N–H and O–H groups in total. The molecule has 0 fully saturated rings. The van der Waals surface area contributed by atoms with Gasteiger partial charge in [0.1, 0.15) is 11.3 Å². The fourth-order valence-electron chi connectivity index (χ4n) is 2.19. The lowest BCUT2D eigenvalue weighted by Gasteiger charge is -2.09. The average Bonchev–Trinajstić information content (AvgIpc) is 2.88. The lowest BCUT2D eigenvalue weighted by atomic mass is 10.2. The number of anilines is 1. The molecule has 0 saturated heterocycles. The summed E-state index contributed by atoms with van der Waals surface area (Å²) in [6.07, 6.45) is -3.32. The van der Waals surface area contributed by atoms with Gasteiger partial charge in [-0.15, -0.1) is 0 Å². The number of fused-ring (bicyclic) bond motifs is 1. The third-order valence-corrected chi connectivity index (χ3v) is 3.20. The molecule has 120 valence electrons. The van der Waals surface area contributed by atoms with Gasteiger partial charge in [-0.3, -0.25) is 0 Å². The number of hydrogen-bond acceptors (Lipinski definition) is 4. The van der Waals surface area contributed by atoms with Crippen molar-refractivity contribution in [2.75, 3.05) is 12.4 Å². The first-order valence-corrected chi connectivity index (χ1v) is 6.61.